The number of aromatic nitrogens is 3. The fourth-order valence-corrected chi connectivity index (χ4v) is 8.42. The van der Waals surface area contributed by atoms with E-state index < -0.39 is 23.0 Å². The first-order valence-corrected chi connectivity index (χ1v) is 24.1. The zero-order valence-electron chi connectivity index (χ0n) is 37.7. The molecule has 5 N–H and O–H groups in total. The Labute approximate surface area is 376 Å². The quantitative estimate of drug-likeness (QED) is 0.0444. The van der Waals surface area contributed by atoms with Crippen LogP contribution in [0.4, 0.5) is 5.82 Å². The Bertz CT molecular complexity index is 1960. The standard InChI is InChI=1S/C46H70N8O8S/c1-4-6-8-9-10-11-12-17-33(3)45(59)52-40(57)32-63-36-31-41(58)54(46(36)60)26-21-38(55)49-24-28-62-30-29-61-27-22-39(56)48-23-15-16-25-53-37(20-7-5-2)51-42-43(53)34-18-13-14-19-35(34)50-44(42)47/h13-14,18-19,33,36H,4-12,15-17,20-32H2,1-3H3,(H2,47,50)(H,48,56)(H,49,55)(H,52,57,59)/t33-,36?/m0/s1. The van der Waals surface area contributed by atoms with Gasteiger partial charge in [-0.05, 0) is 31.7 Å². The third-order valence-electron chi connectivity index (χ3n) is 11.1. The van der Waals surface area contributed by atoms with Crippen molar-refractivity contribution < 1.29 is 38.2 Å². The van der Waals surface area contributed by atoms with Crippen LogP contribution in [-0.4, -0.2) is 112 Å². The Morgan fingerprint density at radius 2 is 1.51 bits per heavy atom. The summed E-state index contributed by atoms with van der Waals surface area (Å²) in [6.07, 6.45) is 13.5. The van der Waals surface area contributed by atoms with Gasteiger partial charge in [0.15, 0.2) is 5.82 Å². The van der Waals surface area contributed by atoms with Crippen molar-refractivity contribution in [3.8, 4) is 0 Å². The number of hydrogen-bond acceptors (Lipinski definition) is 12. The molecule has 348 valence electrons. The zero-order valence-corrected chi connectivity index (χ0v) is 38.5. The number of likely N-dealkylation sites (tertiary alicyclic amines) is 1. The van der Waals surface area contributed by atoms with Crippen molar-refractivity contribution in [3.63, 3.8) is 0 Å². The number of nitrogens with two attached hydrogens (primary N) is 1. The molecule has 17 heteroatoms. The summed E-state index contributed by atoms with van der Waals surface area (Å²) in [5.74, 6) is -0.986. The Balaban J connectivity index is 0.988. The first-order valence-electron chi connectivity index (χ1n) is 23.1. The maximum Gasteiger partial charge on any atom is 0.242 e. The molecule has 63 heavy (non-hydrogen) atoms. The molecule has 3 aromatic rings. The van der Waals surface area contributed by atoms with Gasteiger partial charge in [0.1, 0.15) is 11.3 Å². The van der Waals surface area contributed by atoms with E-state index in [-0.39, 0.29) is 81.6 Å². The largest absolute Gasteiger partial charge is 0.382 e. The van der Waals surface area contributed by atoms with Gasteiger partial charge in [-0.3, -0.25) is 39.0 Å². The van der Waals surface area contributed by atoms with Gasteiger partial charge < -0.3 is 30.4 Å². The van der Waals surface area contributed by atoms with Crippen molar-refractivity contribution >= 4 is 75.0 Å². The summed E-state index contributed by atoms with van der Waals surface area (Å²) in [6.45, 7) is 8.75. The Morgan fingerprint density at radius 1 is 0.810 bits per heavy atom. The minimum atomic E-state index is -0.729. The van der Waals surface area contributed by atoms with Crippen LogP contribution >= 0.6 is 11.8 Å². The molecule has 2 aromatic heterocycles. The van der Waals surface area contributed by atoms with E-state index in [9.17, 15) is 28.8 Å². The molecule has 6 amide bonds. The third-order valence-corrected chi connectivity index (χ3v) is 12.3. The number of pyridine rings is 1. The minimum Gasteiger partial charge on any atom is -0.382 e. The van der Waals surface area contributed by atoms with E-state index in [2.05, 4.69) is 45.4 Å². The van der Waals surface area contributed by atoms with Crippen LogP contribution in [0, 0.1) is 5.92 Å². The number of carbonyl (C=O) groups excluding carboxylic acids is 6. The summed E-state index contributed by atoms with van der Waals surface area (Å²) in [4.78, 5) is 85.5. The number of aryl methyl sites for hydroxylation is 2. The van der Waals surface area contributed by atoms with Gasteiger partial charge in [-0.2, -0.15) is 0 Å². The predicted octanol–water partition coefficient (Wildman–Crippen LogP) is 5.62. The van der Waals surface area contributed by atoms with Gasteiger partial charge in [-0.15, -0.1) is 11.8 Å². The van der Waals surface area contributed by atoms with E-state index in [4.69, 9.17) is 20.2 Å². The number of nitrogens with one attached hydrogen (secondary N) is 3. The lowest BCUT2D eigenvalue weighted by Crippen LogP contribution is -2.37. The lowest BCUT2D eigenvalue weighted by Gasteiger charge is -2.15. The topological polar surface area (TPSA) is 217 Å². The highest BCUT2D eigenvalue weighted by Gasteiger charge is 2.39. The highest BCUT2D eigenvalue weighted by Crippen LogP contribution is 2.30. The number of para-hydroxylation sites is 1. The van der Waals surface area contributed by atoms with Gasteiger partial charge in [-0.25, -0.2) is 9.97 Å². The van der Waals surface area contributed by atoms with Crippen LogP contribution in [0.25, 0.3) is 21.9 Å². The van der Waals surface area contributed by atoms with Crippen LogP contribution < -0.4 is 21.7 Å². The van der Waals surface area contributed by atoms with Crippen LogP contribution in [0.3, 0.4) is 0 Å². The van der Waals surface area contributed by atoms with E-state index in [1.165, 1.54) is 25.7 Å². The smallest absolute Gasteiger partial charge is 0.242 e. The maximum absolute atomic E-state index is 12.9. The molecule has 4 rings (SSSR count). The summed E-state index contributed by atoms with van der Waals surface area (Å²) < 4.78 is 13.3. The average molecular weight is 895 g/mol. The normalized spacial score (nSPS) is 14.5. The summed E-state index contributed by atoms with van der Waals surface area (Å²) in [7, 11) is 0. The van der Waals surface area contributed by atoms with Crippen molar-refractivity contribution in [2.75, 3.05) is 57.5 Å². The molecule has 1 aliphatic heterocycles. The van der Waals surface area contributed by atoms with Crippen LogP contribution in [-0.2, 0) is 51.2 Å². The number of unbranched alkanes of at least 4 members (excludes halogenated alkanes) is 8. The summed E-state index contributed by atoms with van der Waals surface area (Å²) in [5.41, 5.74) is 8.93. The molecule has 16 nitrogen and oxygen atoms in total. The SMILES string of the molecule is CCCCCCCCC[C@H](C)C(=O)NC(=O)CSC1CC(=O)N(CCC(=O)NCCOCCOCCC(=O)NCCCCn2c(CCCC)nc3c(N)nc4ccccc4c32)C1=O. The molecule has 0 radical (unpaired) electrons. The van der Waals surface area contributed by atoms with Gasteiger partial charge in [0.05, 0.1) is 48.5 Å². The molecule has 1 saturated heterocycles. The van der Waals surface area contributed by atoms with Crippen LogP contribution in [0.5, 0.6) is 0 Å². The highest BCUT2D eigenvalue weighted by atomic mass is 32.2. The van der Waals surface area contributed by atoms with E-state index in [0.29, 0.717) is 25.4 Å². The van der Waals surface area contributed by atoms with Gasteiger partial charge in [0.2, 0.25) is 35.4 Å². The van der Waals surface area contributed by atoms with Crippen molar-refractivity contribution in [3.05, 3.63) is 30.1 Å². The number of rotatable bonds is 32. The fraction of sp³-hybridized carbons (Fsp3) is 0.652. The molecule has 3 heterocycles. The second-order valence-electron chi connectivity index (χ2n) is 16.2. The van der Waals surface area contributed by atoms with Crippen molar-refractivity contribution in [2.24, 2.45) is 5.92 Å². The molecule has 0 spiro atoms. The highest BCUT2D eigenvalue weighted by molar-refractivity contribution is 8.01. The van der Waals surface area contributed by atoms with Crippen LogP contribution in [0.15, 0.2) is 24.3 Å². The van der Waals surface area contributed by atoms with Gasteiger partial charge in [0, 0.05) is 63.2 Å². The first kappa shape index (κ1) is 51.0. The number of carbonyl (C=O) groups is 6. The minimum absolute atomic E-state index is 0.0550. The first-order chi connectivity index (χ1) is 30.5. The second-order valence-corrected chi connectivity index (χ2v) is 17.4. The molecule has 0 bridgehead atoms. The number of imide groups is 2. The number of benzene rings is 1. The summed E-state index contributed by atoms with van der Waals surface area (Å²) in [5, 5.41) is 8.41. The Kier molecular flexibility index (Phi) is 22.9. The van der Waals surface area contributed by atoms with Gasteiger partial charge in [-0.1, -0.05) is 90.3 Å². The average Bonchev–Trinajstić information content (AvgIpc) is 3.77. The lowest BCUT2D eigenvalue weighted by atomic mass is 10.0. The van der Waals surface area contributed by atoms with Gasteiger partial charge in [0.25, 0.3) is 0 Å². The van der Waals surface area contributed by atoms with E-state index in [1.54, 1.807) is 0 Å². The van der Waals surface area contributed by atoms with Crippen LogP contribution in [0.1, 0.15) is 123 Å². The Morgan fingerprint density at radius 3 is 2.29 bits per heavy atom. The Hall–Kier alpha value is -4.61. The molecule has 0 aliphatic carbocycles. The fourth-order valence-electron chi connectivity index (χ4n) is 7.46. The summed E-state index contributed by atoms with van der Waals surface area (Å²) >= 11 is 1.03. The van der Waals surface area contributed by atoms with Gasteiger partial charge >= 0.3 is 0 Å². The van der Waals surface area contributed by atoms with Crippen molar-refractivity contribution in [1.29, 1.82) is 0 Å². The molecule has 2 atom stereocenters. The number of hydrogen-bond donors (Lipinski definition) is 4. The number of thioether (sulfide) groups is 1. The molecule has 1 aromatic carbocycles. The van der Waals surface area contributed by atoms with E-state index in [0.717, 1.165) is 102 Å². The number of fused-ring (bicyclic) bond motifs is 3. The summed E-state index contributed by atoms with van der Waals surface area (Å²) in [6, 6.07) is 7.98. The number of anilines is 1. The van der Waals surface area contributed by atoms with E-state index >= 15 is 0 Å². The molecule has 1 fully saturated rings. The molecule has 1 aliphatic rings. The predicted molar refractivity (Wildman–Crippen MR) is 247 cm³/mol. The maximum atomic E-state index is 12.9. The third kappa shape index (κ3) is 17.1. The van der Waals surface area contributed by atoms with Crippen molar-refractivity contribution in [2.45, 2.75) is 135 Å². The lowest BCUT2D eigenvalue weighted by molar-refractivity contribution is -0.139. The molecule has 1 unspecified atom stereocenters. The van der Waals surface area contributed by atoms with E-state index in [1.807, 2.05) is 25.1 Å². The number of ether oxygens (including phenoxy) is 2. The second kappa shape index (κ2) is 28.2. The number of nitrogen functional groups attached to an aromatic ring is 1. The van der Waals surface area contributed by atoms with Crippen LogP contribution in [0.2, 0.25) is 0 Å². The number of imidazole rings is 1. The monoisotopic (exact) mass is 895 g/mol. The molecule has 0 saturated carbocycles. The number of amides is 6. The van der Waals surface area contributed by atoms with Crippen molar-refractivity contribution in [1.82, 2.24) is 35.4 Å². The molecular formula is C46H70N8O8S. The molecular weight excluding hydrogens is 825 g/mol. The number of nitrogens with zero attached hydrogens (tertiary/aromatic N) is 4. The zero-order chi connectivity index (χ0) is 45.4.